The van der Waals surface area contributed by atoms with E-state index in [0.29, 0.717) is 0 Å². The van der Waals surface area contributed by atoms with Crippen molar-refractivity contribution in [3.8, 4) is 5.75 Å². The third-order valence-electron chi connectivity index (χ3n) is 2.32. The number of rotatable bonds is 3. The van der Waals surface area contributed by atoms with E-state index in [4.69, 9.17) is 10.5 Å². The fourth-order valence-electron chi connectivity index (χ4n) is 1.56. The summed E-state index contributed by atoms with van der Waals surface area (Å²) in [7, 11) is 1.68. The van der Waals surface area contributed by atoms with Gasteiger partial charge in [-0.25, -0.2) is 0 Å². The van der Waals surface area contributed by atoms with E-state index in [-0.39, 0.29) is 6.04 Å². The van der Waals surface area contributed by atoms with Crippen LogP contribution in [-0.2, 0) is 0 Å². The second-order valence-corrected chi connectivity index (χ2v) is 4.00. The predicted octanol–water partition coefficient (Wildman–Crippen LogP) is 2.97. The summed E-state index contributed by atoms with van der Waals surface area (Å²) in [5, 5.41) is 0. The van der Waals surface area contributed by atoms with Crippen molar-refractivity contribution in [2.75, 3.05) is 7.11 Å². The summed E-state index contributed by atoms with van der Waals surface area (Å²) in [6.45, 7) is 6.13. The number of methoxy groups -OCH3 is 1. The number of nitrogens with two attached hydrogens (primary N) is 1. The van der Waals surface area contributed by atoms with Gasteiger partial charge >= 0.3 is 0 Å². The molecule has 0 spiro atoms. The standard InChI is InChI=1S/C13H19NO/c1-9(2)7-12(14)11-5-6-13(15-4)10(3)8-11/h5-8,12H,14H2,1-4H3. The molecule has 0 aromatic heterocycles. The van der Waals surface area contributed by atoms with E-state index in [2.05, 4.69) is 26.0 Å². The second kappa shape index (κ2) is 4.99. The predicted molar refractivity (Wildman–Crippen MR) is 64.1 cm³/mol. The average molecular weight is 205 g/mol. The molecule has 1 rings (SSSR count). The monoisotopic (exact) mass is 205 g/mol. The quantitative estimate of drug-likeness (QED) is 0.770. The van der Waals surface area contributed by atoms with E-state index >= 15 is 0 Å². The number of benzene rings is 1. The van der Waals surface area contributed by atoms with Crippen LogP contribution >= 0.6 is 0 Å². The van der Waals surface area contributed by atoms with Crippen molar-refractivity contribution in [1.82, 2.24) is 0 Å². The smallest absolute Gasteiger partial charge is 0.121 e. The van der Waals surface area contributed by atoms with Gasteiger partial charge < -0.3 is 10.5 Å². The highest BCUT2D eigenvalue weighted by molar-refractivity contribution is 5.38. The molecule has 0 aliphatic rings. The molecule has 0 fully saturated rings. The Morgan fingerprint density at radius 1 is 1.40 bits per heavy atom. The van der Waals surface area contributed by atoms with E-state index in [1.807, 2.05) is 19.1 Å². The summed E-state index contributed by atoms with van der Waals surface area (Å²) in [4.78, 5) is 0. The molecule has 1 aromatic rings. The Balaban J connectivity index is 2.97. The first kappa shape index (κ1) is 11.8. The van der Waals surface area contributed by atoms with Gasteiger partial charge in [0.25, 0.3) is 0 Å². The molecule has 1 unspecified atom stereocenters. The molecule has 1 atom stereocenters. The molecule has 2 heteroatoms. The number of allylic oxidation sites excluding steroid dienone is 1. The zero-order valence-electron chi connectivity index (χ0n) is 9.87. The Morgan fingerprint density at radius 3 is 2.53 bits per heavy atom. The maximum atomic E-state index is 6.04. The largest absolute Gasteiger partial charge is 0.496 e. The van der Waals surface area contributed by atoms with Gasteiger partial charge in [-0.3, -0.25) is 0 Å². The molecule has 1 aromatic carbocycles. The third-order valence-corrected chi connectivity index (χ3v) is 2.32. The van der Waals surface area contributed by atoms with Crippen molar-refractivity contribution in [3.63, 3.8) is 0 Å². The first-order chi connectivity index (χ1) is 7.04. The number of hydrogen-bond acceptors (Lipinski definition) is 2. The molecule has 0 saturated carbocycles. The van der Waals surface area contributed by atoms with Gasteiger partial charge in [-0.1, -0.05) is 23.8 Å². The van der Waals surface area contributed by atoms with Gasteiger partial charge in [-0.05, 0) is 38.0 Å². The van der Waals surface area contributed by atoms with E-state index < -0.39 is 0 Å². The summed E-state index contributed by atoms with van der Waals surface area (Å²) < 4.78 is 5.20. The molecule has 0 aliphatic carbocycles. The first-order valence-electron chi connectivity index (χ1n) is 5.09. The Hall–Kier alpha value is -1.28. The van der Waals surface area contributed by atoms with Crippen LogP contribution in [0.5, 0.6) is 5.75 Å². The molecule has 0 radical (unpaired) electrons. The van der Waals surface area contributed by atoms with Crippen LogP contribution in [0.1, 0.15) is 31.0 Å². The highest BCUT2D eigenvalue weighted by Crippen LogP contribution is 2.22. The molecule has 82 valence electrons. The lowest BCUT2D eigenvalue weighted by molar-refractivity contribution is 0.411. The Bertz CT molecular complexity index is 365. The van der Waals surface area contributed by atoms with Crippen LogP contribution in [0.2, 0.25) is 0 Å². The van der Waals surface area contributed by atoms with Crippen molar-refractivity contribution in [3.05, 3.63) is 41.0 Å². The highest BCUT2D eigenvalue weighted by atomic mass is 16.5. The normalized spacial score (nSPS) is 12.1. The molecule has 0 heterocycles. The van der Waals surface area contributed by atoms with Crippen molar-refractivity contribution < 1.29 is 4.74 Å². The minimum absolute atomic E-state index is 0.0281. The van der Waals surface area contributed by atoms with Gasteiger partial charge in [0.05, 0.1) is 7.11 Å². The van der Waals surface area contributed by atoms with Crippen LogP contribution in [0.25, 0.3) is 0 Å². The van der Waals surface area contributed by atoms with Crippen LogP contribution in [0.4, 0.5) is 0 Å². The summed E-state index contributed by atoms with van der Waals surface area (Å²) >= 11 is 0. The molecule has 2 N–H and O–H groups in total. The van der Waals surface area contributed by atoms with E-state index in [9.17, 15) is 0 Å². The van der Waals surface area contributed by atoms with E-state index in [1.165, 1.54) is 5.57 Å². The average Bonchev–Trinajstić information content (AvgIpc) is 2.16. The SMILES string of the molecule is COc1ccc(C(N)C=C(C)C)cc1C. The van der Waals surface area contributed by atoms with Gasteiger partial charge in [0.1, 0.15) is 5.75 Å². The van der Waals surface area contributed by atoms with Gasteiger partial charge in [-0.2, -0.15) is 0 Å². The fourth-order valence-corrected chi connectivity index (χ4v) is 1.56. The number of aryl methyl sites for hydroxylation is 1. The molecular weight excluding hydrogens is 186 g/mol. The van der Waals surface area contributed by atoms with Crippen LogP contribution in [-0.4, -0.2) is 7.11 Å². The van der Waals surface area contributed by atoms with Gasteiger partial charge in [0, 0.05) is 6.04 Å². The molecule has 0 amide bonds. The zero-order valence-corrected chi connectivity index (χ0v) is 9.87. The lowest BCUT2D eigenvalue weighted by Crippen LogP contribution is -2.07. The molecule has 2 nitrogen and oxygen atoms in total. The minimum atomic E-state index is -0.0281. The topological polar surface area (TPSA) is 35.2 Å². The first-order valence-corrected chi connectivity index (χ1v) is 5.09. The maximum absolute atomic E-state index is 6.04. The van der Waals surface area contributed by atoms with E-state index in [0.717, 1.165) is 16.9 Å². The molecule has 15 heavy (non-hydrogen) atoms. The van der Waals surface area contributed by atoms with Crippen molar-refractivity contribution >= 4 is 0 Å². The van der Waals surface area contributed by atoms with Crippen LogP contribution in [0, 0.1) is 6.92 Å². The molecule has 0 saturated heterocycles. The summed E-state index contributed by atoms with van der Waals surface area (Å²) in [5.41, 5.74) is 9.51. The summed E-state index contributed by atoms with van der Waals surface area (Å²) in [5.74, 6) is 0.906. The molecule has 0 aliphatic heterocycles. The Labute approximate surface area is 91.7 Å². The van der Waals surface area contributed by atoms with Crippen molar-refractivity contribution in [2.24, 2.45) is 5.73 Å². The van der Waals surface area contributed by atoms with Crippen molar-refractivity contribution in [2.45, 2.75) is 26.8 Å². The second-order valence-electron chi connectivity index (χ2n) is 4.00. The fraction of sp³-hybridized carbons (Fsp3) is 0.385. The summed E-state index contributed by atoms with van der Waals surface area (Å²) in [6.07, 6.45) is 2.06. The Kier molecular flexibility index (Phi) is 3.92. The number of hydrogen-bond donors (Lipinski definition) is 1. The Morgan fingerprint density at radius 2 is 2.07 bits per heavy atom. The third kappa shape index (κ3) is 3.10. The van der Waals surface area contributed by atoms with Gasteiger partial charge in [0.2, 0.25) is 0 Å². The highest BCUT2D eigenvalue weighted by Gasteiger charge is 2.05. The number of ether oxygens (including phenoxy) is 1. The molecule has 0 bridgehead atoms. The minimum Gasteiger partial charge on any atom is -0.496 e. The van der Waals surface area contributed by atoms with E-state index in [1.54, 1.807) is 7.11 Å². The van der Waals surface area contributed by atoms with Gasteiger partial charge in [0.15, 0.2) is 0 Å². The maximum Gasteiger partial charge on any atom is 0.121 e. The van der Waals surface area contributed by atoms with Crippen LogP contribution < -0.4 is 10.5 Å². The lowest BCUT2D eigenvalue weighted by atomic mass is 10.0. The van der Waals surface area contributed by atoms with Gasteiger partial charge in [-0.15, -0.1) is 0 Å². The van der Waals surface area contributed by atoms with Crippen molar-refractivity contribution in [1.29, 1.82) is 0 Å². The summed E-state index contributed by atoms with van der Waals surface area (Å²) in [6, 6.07) is 6.02. The zero-order chi connectivity index (χ0) is 11.4. The van der Waals surface area contributed by atoms with Crippen LogP contribution in [0.15, 0.2) is 29.8 Å². The lowest BCUT2D eigenvalue weighted by Gasteiger charge is -2.11. The molecular formula is C13H19NO. The van der Waals surface area contributed by atoms with Crippen LogP contribution in [0.3, 0.4) is 0 Å².